The fourth-order valence-electron chi connectivity index (χ4n) is 5.31. The Morgan fingerprint density at radius 2 is 1.00 bits per heavy atom. The highest BCUT2D eigenvalue weighted by molar-refractivity contribution is 5.69. The van der Waals surface area contributed by atoms with E-state index in [1.54, 1.807) is 0 Å². The summed E-state index contributed by atoms with van der Waals surface area (Å²) >= 11 is 0. The summed E-state index contributed by atoms with van der Waals surface area (Å²) in [6.07, 6.45) is 43.6. The molecule has 0 radical (unpaired) electrons. The van der Waals surface area contributed by atoms with E-state index in [9.17, 15) is 9.59 Å². The molecule has 0 aliphatic rings. The molecule has 0 fully saturated rings. The van der Waals surface area contributed by atoms with E-state index in [-0.39, 0.29) is 12.1 Å². The predicted octanol–water partition coefficient (Wildman–Crippen LogP) is 12.2. The van der Waals surface area contributed by atoms with Gasteiger partial charge in [0, 0.05) is 12.8 Å². The zero-order valence-electron chi connectivity index (χ0n) is 27.8. The van der Waals surface area contributed by atoms with Gasteiger partial charge in [-0.1, -0.05) is 147 Å². The van der Waals surface area contributed by atoms with Crippen molar-refractivity contribution in [1.29, 1.82) is 0 Å². The number of carbonyl (C=O) groups excluding carboxylic acids is 1. The monoisotopic (exact) mass is 589 g/mol. The van der Waals surface area contributed by atoms with Gasteiger partial charge in [-0.25, -0.2) is 0 Å². The molecule has 0 aliphatic heterocycles. The van der Waals surface area contributed by atoms with E-state index in [4.69, 9.17) is 9.84 Å². The molecule has 0 aliphatic carbocycles. The van der Waals surface area contributed by atoms with Crippen LogP contribution in [0.2, 0.25) is 0 Å². The summed E-state index contributed by atoms with van der Waals surface area (Å²) in [5, 5.41) is 8.66. The van der Waals surface area contributed by atoms with Gasteiger partial charge >= 0.3 is 11.9 Å². The third kappa shape index (κ3) is 32.7. The van der Waals surface area contributed by atoms with Gasteiger partial charge in [-0.15, -0.1) is 0 Å². The summed E-state index contributed by atoms with van der Waals surface area (Å²) in [7, 11) is 0. The second-order valence-corrected chi connectivity index (χ2v) is 12.0. The van der Waals surface area contributed by atoms with Crippen LogP contribution in [0.1, 0.15) is 187 Å². The number of esters is 1. The highest BCUT2D eigenvalue weighted by Crippen LogP contribution is 2.17. The number of aliphatic carboxylic acids is 1. The number of hydrogen-bond donors (Lipinski definition) is 1. The van der Waals surface area contributed by atoms with Crippen molar-refractivity contribution < 1.29 is 19.4 Å². The van der Waals surface area contributed by atoms with Crippen molar-refractivity contribution >= 4 is 11.9 Å². The maximum atomic E-state index is 12.4. The van der Waals surface area contributed by atoms with Crippen LogP contribution in [0, 0.1) is 0 Å². The van der Waals surface area contributed by atoms with Crippen LogP contribution in [-0.2, 0) is 14.3 Å². The maximum absolute atomic E-state index is 12.4. The largest absolute Gasteiger partial charge is 0.481 e. The highest BCUT2D eigenvalue weighted by Gasteiger charge is 2.13. The third-order valence-corrected chi connectivity index (χ3v) is 7.86. The lowest BCUT2D eigenvalue weighted by molar-refractivity contribution is -0.150. The Bertz CT molecular complexity index is 679. The third-order valence-electron chi connectivity index (χ3n) is 7.86. The molecule has 1 unspecified atom stereocenters. The fraction of sp³-hybridized carbons (Fsp3) is 0.789. The molecule has 0 rings (SSSR count). The second-order valence-electron chi connectivity index (χ2n) is 12.0. The molecule has 1 atom stereocenters. The molecule has 0 aromatic rings. The first kappa shape index (κ1) is 40.2. The SMILES string of the molecule is CC/C=C\C/C=C\C/C=C\CCCCCCCCCC(=O)OC(CCC)CCCCCCCCCCCCCC(=O)O. The average molecular weight is 589 g/mol. The molecule has 0 aromatic carbocycles. The number of hydrogen-bond acceptors (Lipinski definition) is 3. The van der Waals surface area contributed by atoms with Gasteiger partial charge in [0.25, 0.3) is 0 Å². The van der Waals surface area contributed by atoms with Gasteiger partial charge < -0.3 is 9.84 Å². The lowest BCUT2D eigenvalue weighted by atomic mass is 10.0. The summed E-state index contributed by atoms with van der Waals surface area (Å²) < 4.78 is 5.85. The normalized spacial score (nSPS) is 12.6. The Kier molecular flexibility index (Phi) is 32.2. The summed E-state index contributed by atoms with van der Waals surface area (Å²) in [5.41, 5.74) is 0. The number of carbonyl (C=O) groups is 2. The van der Waals surface area contributed by atoms with E-state index in [1.807, 2.05) is 0 Å². The Balaban J connectivity index is 3.58. The van der Waals surface area contributed by atoms with Crippen molar-refractivity contribution in [1.82, 2.24) is 0 Å². The molecule has 1 N–H and O–H groups in total. The summed E-state index contributed by atoms with van der Waals surface area (Å²) in [4.78, 5) is 22.9. The minimum atomic E-state index is -0.675. The van der Waals surface area contributed by atoms with Gasteiger partial charge in [-0.2, -0.15) is 0 Å². The van der Waals surface area contributed by atoms with Gasteiger partial charge in [0.2, 0.25) is 0 Å². The van der Waals surface area contributed by atoms with Crippen LogP contribution >= 0.6 is 0 Å². The number of carboxylic acids is 1. The van der Waals surface area contributed by atoms with Crippen molar-refractivity contribution in [3.05, 3.63) is 36.5 Å². The average Bonchev–Trinajstić information content (AvgIpc) is 2.97. The first-order chi connectivity index (χ1) is 20.6. The number of ether oxygens (including phenoxy) is 1. The van der Waals surface area contributed by atoms with Crippen molar-refractivity contribution in [2.75, 3.05) is 0 Å². The molecule has 0 saturated carbocycles. The molecule has 0 bridgehead atoms. The van der Waals surface area contributed by atoms with Crippen LogP contribution in [0.4, 0.5) is 0 Å². The Labute approximate surface area is 260 Å². The summed E-state index contributed by atoms with van der Waals surface area (Å²) in [6.45, 7) is 4.34. The number of carboxylic acid groups (broad SMARTS) is 1. The van der Waals surface area contributed by atoms with E-state index in [0.717, 1.165) is 70.6 Å². The number of rotatable bonds is 32. The van der Waals surface area contributed by atoms with E-state index >= 15 is 0 Å². The molecule has 0 heterocycles. The molecule has 244 valence electrons. The second kappa shape index (κ2) is 33.7. The van der Waals surface area contributed by atoms with E-state index < -0.39 is 5.97 Å². The zero-order chi connectivity index (χ0) is 30.8. The topological polar surface area (TPSA) is 63.6 Å². The van der Waals surface area contributed by atoms with Crippen molar-refractivity contribution in [2.45, 2.75) is 193 Å². The molecule has 0 amide bonds. The van der Waals surface area contributed by atoms with Crippen molar-refractivity contribution in [3.63, 3.8) is 0 Å². The number of unbranched alkanes of at least 4 members (excludes halogenated alkanes) is 17. The van der Waals surface area contributed by atoms with Crippen LogP contribution in [0.25, 0.3) is 0 Å². The zero-order valence-corrected chi connectivity index (χ0v) is 27.8. The van der Waals surface area contributed by atoms with Crippen LogP contribution < -0.4 is 0 Å². The standard InChI is InChI=1S/C38H68O4/c1-3-5-6-7-8-9-10-11-12-13-14-15-19-22-25-28-31-35-38(41)42-36(32-4-2)33-29-26-23-20-17-16-18-21-24-27-30-34-37(39)40/h5-6,8-9,11-12,36H,3-4,7,10,13-35H2,1-2H3,(H,39,40)/b6-5-,9-8-,12-11-. The predicted molar refractivity (Wildman–Crippen MR) is 181 cm³/mol. The lowest BCUT2D eigenvalue weighted by Crippen LogP contribution is -2.18. The summed E-state index contributed by atoms with van der Waals surface area (Å²) in [6, 6.07) is 0. The first-order valence-corrected chi connectivity index (χ1v) is 18.0. The minimum absolute atomic E-state index is 0.00969. The van der Waals surface area contributed by atoms with Gasteiger partial charge in [0.05, 0.1) is 0 Å². The molecule has 0 spiro atoms. The highest BCUT2D eigenvalue weighted by atomic mass is 16.5. The number of allylic oxidation sites excluding steroid dienone is 6. The molecule has 42 heavy (non-hydrogen) atoms. The Morgan fingerprint density at radius 1 is 0.548 bits per heavy atom. The molecule has 4 nitrogen and oxygen atoms in total. The van der Waals surface area contributed by atoms with Crippen molar-refractivity contribution in [2.24, 2.45) is 0 Å². The summed E-state index contributed by atoms with van der Waals surface area (Å²) in [5.74, 6) is -0.665. The van der Waals surface area contributed by atoms with E-state index in [1.165, 1.54) is 89.9 Å². The van der Waals surface area contributed by atoms with Crippen LogP contribution in [0.5, 0.6) is 0 Å². The van der Waals surface area contributed by atoms with E-state index in [2.05, 4.69) is 50.3 Å². The first-order valence-electron chi connectivity index (χ1n) is 18.0. The van der Waals surface area contributed by atoms with E-state index in [0.29, 0.717) is 12.8 Å². The molecular weight excluding hydrogens is 520 g/mol. The van der Waals surface area contributed by atoms with Crippen LogP contribution in [0.15, 0.2) is 36.5 Å². The van der Waals surface area contributed by atoms with Gasteiger partial charge in [0.15, 0.2) is 0 Å². The van der Waals surface area contributed by atoms with Gasteiger partial charge in [-0.3, -0.25) is 9.59 Å². The molecule has 0 saturated heterocycles. The molecule has 4 heteroatoms. The van der Waals surface area contributed by atoms with Crippen LogP contribution in [-0.4, -0.2) is 23.1 Å². The smallest absolute Gasteiger partial charge is 0.306 e. The van der Waals surface area contributed by atoms with Crippen LogP contribution in [0.3, 0.4) is 0 Å². The Hall–Kier alpha value is -1.84. The maximum Gasteiger partial charge on any atom is 0.306 e. The van der Waals surface area contributed by atoms with Gasteiger partial charge in [-0.05, 0) is 64.2 Å². The molecular formula is C38H68O4. The fourth-order valence-corrected chi connectivity index (χ4v) is 5.31. The molecule has 0 aromatic heterocycles. The Morgan fingerprint density at radius 3 is 1.52 bits per heavy atom. The van der Waals surface area contributed by atoms with Gasteiger partial charge in [0.1, 0.15) is 6.10 Å². The quantitative estimate of drug-likeness (QED) is 0.0482. The minimum Gasteiger partial charge on any atom is -0.481 e. The lowest BCUT2D eigenvalue weighted by Gasteiger charge is -2.17. The van der Waals surface area contributed by atoms with Crippen molar-refractivity contribution in [3.8, 4) is 0 Å².